The number of hydrogen-bond donors (Lipinski definition) is 0. The van der Waals surface area contributed by atoms with Crippen molar-refractivity contribution in [2.75, 3.05) is 17.2 Å². The van der Waals surface area contributed by atoms with Crippen molar-refractivity contribution in [2.24, 2.45) is 0 Å². The van der Waals surface area contributed by atoms with E-state index in [1.165, 1.54) is 17.3 Å². The molecular weight excluding hydrogens is 354 g/mol. The number of rotatable bonds is 6. The SMILES string of the molecule is Cc1ccc(N(CCC#N)C(=O)CSc2ccc3ccccc3n2)cc1C. The number of nitriles is 1. The molecule has 0 aliphatic heterocycles. The molecule has 27 heavy (non-hydrogen) atoms. The summed E-state index contributed by atoms with van der Waals surface area (Å²) in [4.78, 5) is 19.2. The molecular formula is C22H21N3OS. The lowest BCUT2D eigenvalue weighted by Crippen LogP contribution is -2.33. The van der Waals surface area contributed by atoms with Crippen LogP contribution in [0.4, 0.5) is 5.69 Å². The maximum Gasteiger partial charge on any atom is 0.237 e. The largest absolute Gasteiger partial charge is 0.311 e. The van der Waals surface area contributed by atoms with Gasteiger partial charge in [-0.2, -0.15) is 5.26 Å². The highest BCUT2D eigenvalue weighted by Gasteiger charge is 2.16. The number of thioether (sulfide) groups is 1. The Morgan fingerprint density at radius 1 is 1.11 bits per heavy atom. The van der Waals surface area contributed by atoms with Crippen molar-refractivity contribution in [3.05, 3.63) is 65.7 Å². The van der Waals surface area contributed by atoms with Gasteiger partial charge >= 0.3 is 0 Å². The molecule has 3 aromatic rings. The van der Waals surface area contributed by atoms with E-state index in [4.69, 9.17) is 5.26 Å². The Kier molecular flexibility index (Phi) is 6.10. The Bertz CT molecular complexity index is 1010. The second-order valence-corrected chi connectivity index (χ2v) is 7.35. The van der Waals surface area contributed by atoms with Crippen LogP contribution in [0.15, 0.2) is 59.6 Å². The average molecular weight is 375 g/mol. The predicted molar refractivity (Wildman–Crippen MR) is 111 cm³/mol. The predicted octanol–water partition coefficient (Wildman–Crippen LogP) is 4.89. The van der Waals surface area contributed by atoms with Crippen LogP contribution < -0.4 is 4.90 Å². The molecule has 136 valence electrons. The van der Waals surface area contributed by atoms with E-state index in [1.807, 2.05) is 68.4 Å². The summed E-state index contributed by atoms with van der Waals surface area (Å²) in [7, 11) is 0. The van der Waals surface area contributed by atoms with Crippen molar-refractivity contribution in [3.63, 3.8) is 0 Å². The second kappa shape index (κ2) is 8.70. The number of para-hydroxylation sites is 1. The lowest BCUT2D eigenvalue weighted by molar-refractivity contribution is -0.116. The molecule has 0 aliphatic rings. The van der Waals surface area contributed by atoms with E-state index in [9.17, 15) is 4.79 Å². The molecule has 1 aromatic heterocycles. The molecule has 2 aromatic carbocycles. The maximum absolute atomic E-state index is 12.9. The highest BCUT2D eigenvalue weighted by atomic mass is 32.2. The number of amides is 1. The van der Waals surface area contributed by atoms with Crippen molar-refractivity contribution in [3.8, 4) is 6.07 Å². The molecule has 0 atom stereocenters. The lowest BCUT2D eigenvalue weighted by atomic mass is 10.1. The van der Waals surface area contributed by atoms with Crippen LogP contribution in [0.2, 0.25) is 0 Å². The van der Waals surface area contributed by atoms with Gasteiger partial charge < -0.3 is 4.90 Å². The first-order valence-electron chi connectivity index (χ1n) is 8.81. The molecule has 1 heterocycles. The third-order valence-corrected chi connectivity index (χ3v) is 5.38. The number of pyridine rings is 1. The number of hydrogen-bond acceptors (Lipinski definition) is 4. The number of carbonyl (C=O) groups is 1. The number of benzene rings is 2. The van der Waals surface area contributed by atoms with Gasteiger partial charge in [0.25, 0.3) is 0 Å². The molecule has 0 spiro atoms. The number of carbonyl (C=O) groups excluding carboxylic acids is 1. The quantitative estimate of drug-likeness (QED) is 0.576. The fourth-order valence-corrected chi connectivity index (χ4v) is 3.55. The minimum Gasteiger partial charge on any atom is -0.311 e. The average Bonchev–Trinajstić information content (AvgIpc) is 2.69. The molecule has 0 fully saturated rings. The van der Waals surface area contributed by atoms with E-state index < -0.39 is 0 Å². The van der Waals surface area contributed by atoms with Gasteiger partial charge in [0.15, 0.2) is 0 Å². The summed E-state index contributed by atoms with van der Waals surface area (Å²) in [5.41, 5.74) is 4.07. The van der Waals surface area contributed by atoms with Crippen LogP contribution in [-0.2, 0) is 4.79 Å². The van der Waals surface area contributed by atoms with Crippen LogP contribution in [0.1, 0.15) is 17.5 Å². The van der Waals surface area contributed by atoms with Gasteiger partial charge in [-0.1, -0.05) is 42.1 Å². The first-order valence-corrected chi connectivity index (χ1v) is 9.80. The Labute approximate surface area is 163 Å². The monoisotopic (exact) mass is 375 g/mol. The van der Waals surface area contributed by atoms with E-state index in [1.54, 1.807) is 4.90 Å². The molecule has 0 saturated carbocycles. The Balaban J connectivity index is 1.75. The standard InChI is InChI=1S/C22H21N3OS/c1-16-8-10-19(14-17(16)2)25(13-5-12-23)22(26)15-27-21-11-9-18-6-3-4-7-20(18)24-21/h3-4,6-11,14H,5,13,15H2,1-2H3. The molecule has 1 amide bonds. The topological polar surface area (TPSA) is 57.0 Å². The molecule has 0 bridgehead atoms. The van der Waals surface area contributed by atoms with Crippen LogP contribution in [0.3, 0.4) is 0 Å². The van der Waals surface area contributed by atoms with Crippen molar-refractivity contribution in [1.82, 2.24) is 4.98 Å². The van der Waals surface area contributed by atoms with Gasteiger partial charge in [0.1, 0.15) is 0 Å². The van der Waals surface area contributed by atoms with Gasteiger partial charge in [-0.3, -0.25) is 4.79 Å². The highest BCUT2D eigenvalue weighted by molar-refractivity contribution is 7.99. The molecule has 0 radical (unpaired) electrons. The first kappa shape index (κ1) is 18.9. The molecule has 5 heteroatoms. The fourth-order valence-electron chi connectivity index (χ4n) is 2.79. The number of anilines is 1. The van der Waals surface area contributed by atoms with Crippen LogP contribution in [0.25, 0.3) is 10.9 Å². The third-order valence-electron chi connectivity index (χ3n) is 4.47. The van der Waals surface area contributed by atoms with Crippen LogP contribution >= 0.6 is 11.8 Å². The molecule has 3 rings (SSSR count). The number of aromatic nitrogens is 1. The van der Waals surface area contributed by atoms with Gasteiger partial charge in [0, 0.05) is 17.6 Å². The van der Waals surface area contributed by atoms with Crippen LogP contribution in [0, 0.1) is 25.2 Å². The summed E-state index contributed by atoms with van der Waals surface area (Å²) in [5.74, 6) is 0.261. The minimum atomic E-state index is -0.0199. The van der Waals surface area contributed by atoms with E-state index in [2.05, 4.69) is 11.1 Å². The summed E-state index contributed by atoms with van der Waals surface area (Å²) < 4.78 is 0. The van der Waals surface area contributed by atoms with Gasteiger partial charge in [0.05, 0.1) is 28.8 Å². The number of fused-ring (bicyclic) bond motifs is 1. The maximum atomic E-state index is 12.9. The summed E-state index contributed by atoms with van der Waals surface area (Å²) in [5, 5.41) is 10.9. The summed E-state index contributed by atoms with van der Waals surface area (Å²) >= 11 is 1.42. The number of nitrogens with zero attached hydrogens (tertiary/aromatic N) is 3. The summed E-state index contributed by atoms with van der Waals surface area (Å²) in [6.07, 6.45) is 0.303. The first-order chi connectivity index (χ1) is 13.1. The van der Waals surface area contributed by atoms with Crippen LogP contribution in [-0.4, -0.2) is 23.2 Å². The zero-order valence-electron chi connectivity index (χ0n) is 15.5. The van der Waals surface area contributed by atoms with Gasteiger partial charge in [-0.15, -0.1) is 0 Å². The van der Waals surface area contributed by atoms with E-state index in [0.717, 1.165) is 27.2 Å². The van der Waals surface area contributed by atoms with Gasteiger partial charge in [-0.05, 0) is 49.2 Å². The Morgan fingerprint density at radius 3 is 2.70 bits per heavy atom. The molecule has 0 saturated heterocycles. The van der Waals surface area contributed by atoms with E-state index >= 15 is 0 Å². The van der Waals surface area contributed by atoms with Crippen molar-refractivity contribution >= 4 is 34.3 Å². The summed E-state index contributed by atoms with van der Waals surface area (Å²) in [6.45, 7) is 4.46. The van der Waals surface area contributed by atoms with Crippen molar-refractivity contribution < 1.29 is 4.79 Å². The molecule has 0 aliphatic carbocycles. The Hall–Kier alpha value is -2.84. The minimum absolute atomic E-state index is 0.0199. The van der Waals surface area contributed by atoms with Gasteiger partial charge in [-0.25, -0.2) is 4.98 Å². The smallest absolute Gasteiger partial charge is 0.237 e. The molecule has 0 N–H and O–H groups in total. The summed E-state index contributed by atoms with van der Waals surface area (Å²) in [6, 6.07) is 20.0. The van der Waals surface area contributed by atoms with E-state index in [-0.39, 0.29) is 11.7 Å². The highest BCUT2D eigenvalue weighted by Crippen LogP contribution is 2.23. The molecule has 0 unspecified atom stereocenters. The molecule has 4 nitrogen and oxygen atoms in total. The normalized spacial score (nSPS) is 10.6. The second-order valence-electron chi connectivity index (χ2n) is 6.35. The Morgan fingerprint density at radius 2 is 1.93 bits per heavy atom. The zero-order valence-corrected chi connectivity index (χ0v) is 16.3. The third kappa shape index (κ3) is 4.66. The van der Waals surface area contributed by atoms with Crippen LogP contribution in [0.5, 0.6) is 0 Å². The van der Waals surface area contributed by atoms with Crippen molar-refractivity contribution in [2.45, 2.75) is 25.3 Å². The zero-order chi connectivity index (χ0) is 19.2. The lowest BCUT2D eigenvalue weighted by Gasteiger charge is -2.22. The fraction of sp³-hybridized carbons (Fsp3) is 0.227. The van der Waals surface area contributed by atoms with Gasteiger partial charge in [0.2, 0.25) is 5.91 Å². The number of aryl methyl sites for hydroxylation is 2. The van der Waals surface area contributed by atoms with Crippen molar-refractivity contribution in [1.29, 1.82) is 5.26 Å². The van der Waals surface area contributed by atoms with E-state index in [0.29, 0.717) is 13.0 Å².